The van der Waals surface area contributed by atoms with E-state index < -0.39 is 69.6 Å². The summed E-state index contributed by atoms with van der Waals surface area (Å²) < 4.78 is 58.5. The predicted octanol–water partition coefficient (Wildman–Crippen LogP) is 5.89. The molecule has 0 radical (unpaired) electrons. The summed E-state index contributed by atoms with van der Waals surface area (Å²) in [5, 5.41) is 2.72. The van der Waals surface area contributed by atoms with Gasteiger partial charge in [-0.05, 0) is 79.8 Å². The van der Waals surface area contributed by atoms with Gasteiger partial charge in [0, 0.05) is 44.9 Å². The average molecular weight is 925 g/mol. The minimum Gasteiger partial charge on any atom is -0.445 e. The SMILES string of the molecule is NCCCC[C@H](CC(=O)[C@@H]1C[C@@H](OC(=O)N2CCN(S(=O)(=O)c3ccc(F)cc3)CC2)CN1C(=O)[C@@H](CCc1ccccc1)NC(=O)OCc1ccccc1)C(=O)c1nc2ccccc2o1. The lowest BCUT2D eigenvalue weighted by molar-refractivity contribution is -0.139. The summed E-state index contributed by atoms with van der Waals surface area (Å²) in [6.07, 6.45) is -1.07. The molecule has 2 saturated heterocycles. The Morgan fingerprint density at radius 3 is 2.18 bits per heavy atom. The highest BCUT2D eigenvalue weighted by atomic mass is 32.2. The molecule has 0 bridgehead atoms. The van der Waals surface area contributed by atoms with Crippen molar-refractivity contribution in [2.24, 2.45) is 11.7 Å². The normalized spacial score (nSPS) is 17.5. The highest BCUT2D eigenvalue weighted by Gasteiger charge is 2.45. The van der Waals surface area contributed by atoms with Crippen LogP contribution in [0.4, 0.5) is 14.0 Å². The van der Waals surface area contributed by atoms with E-state index in [1.807, 2.05) is 36.4 Å². The molecular weight excluding hydrogens is 872 g/mol. The summed E-state index contributed by atoms with van der Waals surface area (Å²) >= 11 is 0. The zero-order valence-corrected chi connectivity index (χ0v) is 37.2. The number of aryl methyl sites for hydroxylation is 1. The number of carbonyl (C=O) groups is 5. The Kier molecular flexibility index (Phi) is 15.9. The lowest BCUT2D eigenvalue weighted by Gasteiger charge is -2.34. The summed E-state index contributed by atoms with van der Waals surface area (Å²) in [4.78, 5) is 77.4. The number of likely N-dealkylation sites (tertiary alicyclic amines) is 1. The molecular formula is C48H53FN6O10S. The zero-order chi connectivity index (χ0) is 46.6. The monoisotopic (exact) mass is 924 g/mol. The molecule has 0 aliphatic carbocycles. The van der Waals surface area contributed by atoms with Crippen LogP contribution < -0.4 is 11.1 Å². The van der Waals surface area contributed by atoms with Gasteiger partial charge in [0.05, 0.1) is 17.5 Å². The number of nitrogens with one attached hydrogen (secondary N) is 1. The van der Waals surface area contributed by atoms with E-state index in [1.165, 1.54) is 26.2 Å². The van der Waals surface area contributed by atoms with Crippen LogP contribution in [0.3, 0.4) is 0 Å². The number of amides is 3. The first kappa shape index (κ1) is 47.5. The molecule has 0 spiro atoms. The molecule has 3 amide bonds. The number of benzene rings is 4. The largest absolute Gasteiger partial charge is 0.445 e. The molecule has 4 aromatic carbocycles. The molecule has 3 N–H and O–H groups in total. The van der Waals surface area contributed by atoms with E-state index in [9.17, 15) is 36.8 Å². The summed E-state index contributed by atoms with van der Waals surface area (Å²) in [6, 6.07) is 27.5. The third-order valence-corrected chi connectivity index (χ3v) is 13.7. The molecule has 3 heterocycles. The quantitative estimate of drug-likeness (QED) is 0.0733. The second kappa shape index (κ2) is 22.1. The molecule has 66 heavy (non-hydrogen) atoms. The van der Waals surface area contributed by atoms with Crippen LogP contribution in [0.5, 0.6) is 0 Å². The number of ether oxygens (including phenoxy) is 2. The summed E-state index contributed by atoms with van der Waals surface area (Å²) in [5.41, 5.74) is 8.33. The van der Waals surface area contributed by atoms with Crippen molar-refractivity contribution in [1.82, 2.24) is 24.4 Å². The Hall–Kier alpha value is -6.50. The van der Waals surface area contributed by atoms with Gasteiger partial charge in [0.15, 0.2) is 11.4 Å². The number of nitrogens with two attached hydrogens (primary N) is 1. The predicted molar refractivity (Wildman–Crippen MR) is 240 cm³/mol. The number of ketones is 2. The Morgan fingerprint density at radius 2 is 1.50 bits per heavy atom. The highest BCUT2D eigenvalue weighted by molar-refractivity contribution is 7.89. The van der Waals surface area contributed by atoms with Crippen LogP contribution in [0.25, 0.3) is 11.1 Å². The number of Topliss-reactive ketones (excluding diaryl/α,β-unsaturated/α-hetero) is 2. The number of hydrogen-bond donors (Lipinski definition) is 2. The van der Waals surface area contributed by atoms with E-state index in [1.54, 1.807) is 48.5 Å². The van der Waals surface area contributed by atoms with Crippen molar-refractivity contribution >= 4 is 50.8 Å². The summed E-state index contributed by atoms with van der Waals surface area (Å²) in [5.74, 6) is -3.13. The van der Waals surface area contributed by atoms with Gasteiger partial charge in [0.1, 0.15) is 30.1 Å². The van der Waals surface area contributed by atoms with Crippen LogP contribution in [-0.2, 0) is 42.1 Å². The van der Waals surface area contributed by atoms with Crippen LogP contribution in [0, 0.1) is 11.7 Å². The maximum atomic E-state index is 14.8. The molecule has 0 saturated carbocycles. The van der Waals surface area contributed by atoms with Gasteiger partial charge >= 0.3 is 12.2 Å². The van der Waals surface area contributed by atoms with E-state index in [0.29, 0.717) is 36.9 Å². The molecule has 7 rings (SSSR count). The van der Waals surface area contributed by atoms with E-state index in [2.05, 4.69) is 10.3 Å². The molecule has 2 fully saturated rings. The molecule has 2 aliphatic rings. The first-order valence-electron chi connectivity index (χ1n) is 22.0. The van der Waals surface area contributed by atoms with Crippen molar-refractivity contribution in [1.29, 1.82) is 0 Å². The number of halogens is 1. The first-order valence-corrected chi connectivity index (χ1v) is 23.5. The van der Waals surface area contributed by atoms with E-state index in [-0.39, 0.29) is 75.8 Å². The number of rotatable bonds is 19. The fourth-order valence-electron chi connectivity index (χ4n) is 8.23. The molecule has 4 atom stereocenters. The van der Waals surface area contributed by atoms with Crippen LogP contribution in [0.1, 0.15) is 60.3 Å². The molecule has 2 aliphatic heterocycles. The molecule has 1 aromatic heterocycles. The third kappa shape index (κ3) is 12.0. The molecule has 5 aromatic rings. The number of unbranched alkanes of at least 4 members (excludes halogenated alkanes) is 1. The average Bonchev–Trinajstić information content (AvgIpc) is 3.97. The molecule has 348 valence electrons. The maximum absolute atomic E-state index is 14.8. The third-order valence-electron chi connectivity index (χ3n) is 11.8. The minimum absolute atomic E-state index is 0.0179. The number of sulfonamides is 1. The van der Waals surface area contributed by atoms with Crippen molar-refractivity contribution in [2.45, 2.75) is 74.6 Å². The van der Waals surface area contributed by atoms with Gasteiger partial charge in [-0.3, -0.25) is 14.4 Å². The van der Waals surface area contributed by atoms with Crippen LogP contribution in [0.2, 0.25) is 0 Å². The second-order valence-corrected chi connectivity index (χ2v) is 18.3. The molecule has 16 nitrogen and oxygen atoms in total. The van der Waals surface area contributed by atoms with Crippen LogP contribution >= 0.6 is 0 Å². The standard InChI is InChI=1S/C48H53FN6O10S/c49-36-19-21-38(22-20-36)66(61,62)54-27-25-53(26-28-54)48(60)64-37-30-41(42(56)29-35(15-9-10-24-50)44(57)45-51-39-16-7-8-17-43(39)65-45)55(31-37)46(58)40(23-18-33-11-3-1-4-12-33)52-47(59)63-32-34-13-5-2-6-14-34/h1-8,11-14,16-17,19-22,35,37,40-41H,9-10,15,18,23-32,50H2,(H,52,59)/t35-,37-,40-,41+/m1/s1. The summed E-state index contributed by atoms with van der Waals surface area (Å²) in [7, 11) is -3.96. The molecule has 0 unspecified atom stereocenters. The van der Waals surface area contributed by atoms with Crippen molar-refractivity contribution in [3.05, 3.63) is 132 Å². The second-order valence-electron chi connectivity index (χ2n) is 16.4. The number of alkyl carbamates (subject to hydrolysis) is 1. The van der Waals surface area contributed by atoms with Gasteiger partial charge in [0.25, 0.3) is 5.89 Å². The number of para-hydroxylation sites is 2. The maximum Gasteiger partial charge on any atom is 0.410 e. The van der Waals surface area contributed by atoms with Crippen molar-refractivity contribution < 1.29 is 50.7 Å². The Morgan fingerprint density at radius 1 is 0.833 bits per heavy atom. The number of hydrogen-bond acceptors (Lipinski definition) is 12. The van der Waals surface area contributed by atoms with E-state index in [4.69, 9.17) is 19.6 Å². The van der Waals surface area contributed by atoms with Gasteiger partial charge in [0.2, 0.25) is 21.7 Å². The smallest absolute Gasteiger partial charge is 0.410 e. The lowest BCUT2D eigenvalue weighted by Crippen LogP contribution is -2.52. The van der Waals surface area contributed by atoms with Crippen LogP contribution in [-0.4, -0.2) is 115 Å². The van der Waals surface area contributed by atoms with Crippen molar-refractivity contribution in [2.75, 3.05) is 39.3 Å². The Bertz CT molecular complexity index is 2540. The van der Waals surface area contributed by atoms with Crippen molar-refractivity contribution in [3.8, 4) is 0 Å². The van der Waals surface area contributed by atoms with Crippen molar-refractivity contribution in [3.63, 3.8) is 0 Å². The number of oxazole rings is 1. The zero-order valence-electron chi connectivity index (χ0n) is 36.3. The highest BCUT2D eigenvalue weighted by Crippen LogP contribution is 2.29. The number of aromatic nitrogens is 1. The number of nitrogens with zero attached hydrogens (tertiary/aromatic N) is 4. The van der Waals surface area contributed by atoms with Crippen LogP contribution in [0.15, 0.2) is 119 Å². The van der Waals surface area contributed by atoms with E-state index in [0.717, 1.165) is 23.3 Å². The fourth-order valence-corrected chi connectivity index (χ4v) is 9.65. The summed E-state index contributed by atoms with van der Waals surface area (Å²) in [6.45, 7) is -0.0352. The number of fused-ring (bicyclic) bond motifs is 1. The van der Waals surface area contributed by atoms with Gasteiger partial charge in [-0.15, -0.1) is 0 Å². The van der Waals surface area contributed by atoms with E-state index >= 15 is 0 Å². The Labute approximate surface area is 382 Å². The number of carbonyl (C=O) groups excluding carboxylic acids is 5. The Balaban J connectivity index is 1.10. The van der Waals surface area contributed by atoms with Gasteiger partial charge < -0.3 is 34.7 Å². The topological polar surface area (TPSA) is 212 Å². The van der Waals surface area contributed by atoms with Gasteiger partial charge in [-0.1, -0.05) is 79.2 Å². The number of piperazine rings is 1. The minimum atomic E-state index is -3.96. The lowest BCUT2D eigenvalue weighted by atomic mass is 9.89. The molecule has 18 heteroatoms. The van der Waals surface area contributed by atoms with Gasteiger partial charge in [-0.25, -0.2) is 27.4 Å². The van der Waals surface area contributed by atoms with Gasteiger partial charge in [-0.2, -0.15) is 4.31 Å². The fraction of sp³-hybridized carbons (Fsp3) is 0.375. The first-order chi connectivity index (χ1) is 31.9.